The number of para-hydroxylation sites is 1. The fraction of sp³-hybridized carbons (Fsp3) is 0.188. The molecule has 2 N–H and O–H groups in total. The molecule has 2 aromatic carbocycles. The number of hydrogen-bond acceptors (Lipinski definition) is 7. The average molecular weight is 398 g/mol. The predicted molar refractivity (Wildman–Crippen MR) is 93.8 cm³/mol. The molecule has 0 heterocycles. The second-order valence-electron chi connectivity index (χ2n) is 5.42. The highest BCUT2D eigenvalue weighted by Crippen LogP contribution is 2.34. The summed E-state index contributed by atoms with van der Waals surface area (Å²) < 4.78 is 38.0. The van der Waals surface area contributed by atoms with E-state index in [0.717, 1.165) is 18.2 Å². The molecule has 0 fully saturated rings. The van der Waals surface area contributed by atoms with Crippen LogP contribution in [-0.4, -0.2) is 34.3 Å². The minimum absolute atomic E-state index is 0.0401. The zero-order chi connectivity index (χ0) is 20.9. The minimum atomic E-state index is -4.70. The van der Waals surface area contributed by atoms with Crippen LogP contribution in [0.4, 0.5) is 30.2 Å². The predicted octanol–water partition coefficient (Wildman–Crippen LogP) is 3.76. The van der Waals surface area contributed by atoms with E-state index in [1.807, 2.05) is 0 Å². The van der Waals surface area contributed by atoms with E-state index in [-0.39, 0.29) is 24.3 Å². The lowest BCUT2D eigenvalue weighted by molar-refractivity contribution is -0.385. The highest BCUT2D eigenvalue weighted by atomic mass is 19.4. The molecule has 0 spiro atoms. The van der Waals surface area contributed by atoms with Crippen LogP contribution < -0.4 is 5.32 Å². The Hall–Kier alpha value is -3.70. The van der Waals surface area contributed by atoms with Crippen LogP contribution in [0.2, 0.25) is 0 Å². The summed E-state index contributed by atoms with van der Waals surface area (Å²) >= 11 is 0. The van der Waals surface area contributed by atoms with Crippen LogP contribution in [0.3, 0.4) is 0 Å². The summed E-state index contributed by atoms with van der Waals surface area (Å²) in [5.41, 5.74) is -2.34. The first kappa shape index (κ1) is 20.6. The molecule has 2 aromatic rings. The molecule has 28 heavy (non-hydrogen) atoms. The van der Waals surface area contributed by atoms with E-state index in [9.17, 15) is 38.5 Å². The molecule has 0 amide bonds. The van der Waals surface area contributed by atoms with Gasteiger partial charge in [0.05, 0.1) is 22.0 Å². The lowest BCUT2D eigenvalue weighted by Crippen LogP contribution is -2.10. The van der Waals surface area contributed by atoms with Crippen molar-refractivity contribution >= 4 is 23.3 Å². The molecule has 0 aromatic heterocycles. The maximum Gasteiger partial charge on any atom is 0.416 e. The molecule has 9 nitrogen and oxygen atoms in total. The van der Waals surface area contributed by atoms with E-state index >= 15 is 0 Å². The van der Waals surface area contributed by atoms with Crippen molar-refractivity contribution in [3.05, 3.63) is 67.8 Å². The van der Waals surface area contributed by atoms with Gasteiger partial charge in [0.2, 0.25) is 5.75 Å². The largest absolute Gasteiger partial charge is 0.502 e. The molecule has 0 unspecified atom stereocenters. The molecule has 12 heteroatoms. The standard InChI is InChI=1S/C16H13F3N4O5/c17-16(18,19)11-4-5-12(14(8-11)23(27)28)21-7-6-20-9-10-2-1-3-13(15(10)24)22(25)26/h1-5,8-9,21,24H,6-7H2. The Morgan fingerprint density at radius 2 is 1.79 bits per heavy atom. The number of alkyl halides is 3. The third kappa shape index (κ3) is 4.93. The van der Waals surface area contributed by atoms with Crippen molar-refractivity contribution in [1.29, 1.82) is 0 Å². The van der Waals surface area contributed by atoms with Crippen molar-refractivity contribution in [2.45, 2.75) is 6.18 Å². The van der Waals surface area contributed by atoms with Crippen LogP contribution in [0.5, 0.6) is 5.75 Å². The number of nitrogens with one attached hydrogen (secondary N) is 1. The summed E-state index contributed by atoms with van der Waals surface area (Å²) in [6, 6.07) is 6.00. The number of nitrogens with zero attached hydrogens (tertiary/aromatic N) is 3. The molecule has 0 aliphatic heterocycles. The number of nitro benzene ring substituents is 2. The summed E-state index contributed by atoms with van der Waals surface area (Å²) in [6.07, 6.45) is -3.51. The fourth-order valence-corrected chi connectivity index (χ4v) is 2.23. The average Bonchev–Trinajstić information content (AvgIpc) is 2.61. The van der Waals surface area contributed by atoms with Gasteiger partial charge >= 0.3 is 11.9 Å². The van der Waals surface area contributed by atoms with Crippen LogP contribution in [0, 0.1) is 20.2 Å². The van der Waals surface area contributed by atoms with Gasteiger partial charge in [0, 0.05) is 30.5 Å². The summed E-state index contributed by atoms with van der Waals surface area (Å²) in [6.45, 7) is 0.0820. The molecular weight excluding hydrogens is 385 g/mol. The van der Waals surface area contributed by atoms with Crippen molar-refractivity contribution in [2.75, 3.05) is 18.4 Å². The SMILES string of the molecule is O=[N+]([O-])c1cc(C(F)(F)F)ccc1NCCN=Cc1cccc([N+](=O)[O-])c1O. The lowest BCUT2D eigenvalue weighted by Gasteiger charge is -2.10. The molecule has 0 radical (unpaired) electrons. The number of aliphatic imine (C=N–C) groups is 1. The van der Waals surface area contributed by atoms with Gasteiger partial charge in [0.15, 0.2) is 0 Å². The first-order valence-electron chi connectivity index (χ1n) is 7.67. The lowest BCUT2D eigenvalue weighted by atomic mass is 10.1. The number of hydrogen-bond donors (Lipinski definition) is 2. The zero-order valence-corrected chi connectivity index (χ0v) is 14.0. The van der Waals surface area contributed by atoms with E-state index < -0.39 is 38.7 Å². The van der Waals surface area contributed by atoms with Gasteiger partial charge in [0.25, 0.3) is 5.69 Å². The Bertz CT molecular complexity index is 931. The summed E-state index contributed by atoms with van der Waals surface area (Å²) in [7, 11) is 0. The van der Waals surface area contributed by atoms with Crippen LogP contribution in [0.15, 0.2) is 41.4 Å². The summed E-state index contributed by atoms with van der Waals surface area (Å²) in [5.74, 6) is -0.553. The fourth-order valence-electron chi connectivity index (χ4n) is 2.23. The van der Waals surface area contributed by atoms with Gasteiger partial charge in [-0.1, -0.05) is 6.07 Å². The molecule has 0 atom stereocenters. The number of benzene rings is 2. The third-order valence-electron chi connectivity index (χ3n) is 3.55. The highest BCUT2D eigenvalue weighted by molar-refractivity contribution is 5.85. The van der Waals surface area contributed by atoms with Gasteiger partial charge in [-0.3, -0.25) is 25.2 Å². The first-order chi connectivity index (χ1) is 13.1. The number of anilines is 1. The summed E-state index contributed by atoms with van der Waals surface area (Å²) in [4.78, 5) is 24.0. The number of rotatable bonds is 7. The quantitative estimate of drug-likeness (QED) is 0.316. The molecule has 0 bridgehead atoms. The van der Waals surface area contributed by atoms with Crippen molar-refractivity contribution in [3.8, 4) is 5.75 Å². The van der Waals surface area contributed by atoms with Gasteiger partial charge in [-0.25, -0.2) is 0 Å². The monoisotopic (exact) mass is 398 g/mol. The molecule has 2 rings (SSSR count). The Morgan fingerprint density at radius 1 is 1.11 bits per heavy atom. The van der Waals surface area contributed by atoms with Crippen LogP contribution in [0.1, 0.15) is 11.1 Å². The van der Waals surface area contributed by atoms with E-state index in [4.69, 9.17) is 0 Å². The van der Waals surface area contributed by atoms with Crippen LogP contribution in [-0.2, 0) is 6.18 Å². The normalized spacial score (nSPS) is 11.5. The van der Waals surface area contributed by atoms with Gasteiger partial charge in [-0.05, 0) is 18.2 Å². The van der Waals surface area contributed by atoms with Gasteiger partial charge < -0.3 is 10.4 Å². The molecular formula is C16H13F3N4O5. The van der Waals surface area contributed by atoms with Gasteiger partial charge in [0.1, 0.15) is 5.69 Å². The number of aromatic hydroxyl groups is 1. The van der Waals surface area contributed by atoms with E-state index in [0.29, 0.717) is 6.07 Å². The van der Waals surface area contributed by atoms with Crippen molar-refractivity contribution < 1.29 is 28.1 Å². The van der Waals surface area contributed by atoms with E-state index in [2.05, 4.69) is 10.3 Å². The Balaban J connectivity index is 2.04. The number of phenols is 1. The zero-order valence-electron chi connectivity index (χ0n) is 14.0. The summed E-state index contributed by atoms with van der Waals surface area (Å²) in [5, 5.41) is 34.1. The van der Waals surface area contributed by atoms with Gasteiger partial charge in [-0.15, -0.1) is 0 Å². The second kappa shape index (κ2) is 8.33. The van der Waals surface area contributed by atoms with E-state index in [1.54, 1.807) is 0 Å². The smallest absolute Gasteiger partial charge is 0.416 e. The van der Waals surface area contributed by atoms with Crippen LogP contribution in [0.25, 0.3) is 0 Å². The van der Waals surface area contributed by atoms with Gasteiger partial charge in [-0.2, -0.15) is 13.2 Å². The van der Waals surface area contributed by atoms with Crippen molar-refractivity contribution in [2.24, 2.45) is 4.99 Å². The molecule has 148 valence electrons. The van der Waals surface area contributed by atoms with Crippen molar-refractivity contribution in [3.63, 3.8) is 0 Å². The highest BCUT2D eigenvalue weighted by Gasteiger charge is 2.32. The minimum Gasteiger partial charge on any atom is -0.502 e. The van der Waals surface area contributed by atoms with E-state index in [1.165, 1.54) is 18.3 Å². The number of halogens is 3. The molecule has 0 aliphatic carbocycles. The molecule has 0 saturated heterocycles. The maximum atomic E-state index is 12.7. The Morgan fingerprint density at radius 3 is 2.39 bits per heavy atom. The Labute approximate surface area is 155 Å². The van der Waals surface area contributed by atoms with Crippen LogP contribution >= 0.6 is 0 Å². The third-order valence-corrected chi connectivity index (χ3v) is 3.55. The Kier molecular flexibility index (Phi) is 6.13. The number of nitro groups is 2. The second-order valence-corrected chi connectivity index (χ2v) is 5.42. The number of phenolic OH excluding ortho intramolecular Hbond substituents is 1. The molecule has 0 saturated carbocycles. The van der Waals surface area contributed by atoms with Crippen molar-refractivity contribution in [1.82, 2.24) is 0 Å². The first-order valence-corrected chi connectivity index (χ1v) is 7.67. The molecule has 0 aliphatic rings. The maximum absolute atomic E-state index is 12.7. The topological polar surface area (TPSA) is 131 Å².